The maximum absolute atomic E-state index is 6.03. The molecule has 0 spiro atoms. The summed E-state index contributed by atoms with van der Waals surface area (Å²) in [5.74, 6) is 1.73. The first-order chi connectivity index (χ1) is 6.60. The van der Waals surface area contributed by atoms with E-state index in [4.69, 9.17) is 5.73 Å². The zero-order valence-corrected chi connectivity index (χ0v) is 9.79. The first kappa shape index (κ1) is 10.4. The lowest BCUT2D eigenvalue weighted by Crippen LogP contribution is -2.46. The smallest absolute Gasteiger partial charge is 0.0176 e. The van der Waals surface area contributed by atoms with E-state index in [1.54, 1.807) is 0 Å². The molecule has 14 heavy (non-hydrogen) atoms. The summed E-state index contributed by atoms with van der Waals surface area (Å²) in [5, 5.41) is 0. The summed E-state index contributed by atoms with van der Waals surface area (Å²) in [6.45, 7) is 9.58. The molecule has 2 heteroatoms. The van der Waals surface area contributed by atoms with E-state index in [-0.39, 0.29) is 0 Å². The summed E-state index contributed by atoms with van der Waals surface area (Å²) in [7, 11) is 0. The maximum Gasteiger partial charge on any atom is 0.0176 e. The minimum Gasteiger partial charge on any atom is -0.327 e. The minimum atomic E-state index is 0.428. The van der Waals surface area contributed by atoms with Crippen LogP contribution in [0.5, 0.6) is 0 Å². The highest BCUT2D eigenvalue weighted by molar-refractivity contribution is 5.03. The van der Waals surface area contributed by atoms with E-state index < -0.39 is 0 Å². The lowest BCUT2D eigenvalue weighted by atomic mass is 9.72. The van der Waals surface area contributed by atoms with Gasteiger partial charge in [-0.15, -0.1) is 0 Å². The number of nitrogens with zero attached hydrogens (tertiary/aromatic N) is 1. The highest BCUT2D eigenvalue weighted by Gasteiger charge is 2.48. The Morgan fingerprint density at radius 3 is 2.36 bits per heavy atom. The van der Waals surface area contributed by atoms with E-state index in [0.29, 0.717) is 11.6 Å². The molecule has 0 amide bonds. The molecular formula is C12H24N2. The first-order valence-electron chi connectivity index (χ1n) is 6.11. The third-order valence-corrected chi connectivity index (χ3v) is 4.90. The average Bonchev–Trinajstić information content (AvgIpc) is 2.55. The second-order valence-corrected chi connectivity index (χ2v) is 5.43. The van der Waals surface area contributed by atoms with Gasteiger partial charge in [0.15, 0.2) is 0 Å². The Bertz CT molecular complexity index is 210. The van der Waals surface area contributed by atoms with Gasteiger partial charge in [0.25, 0.3) is 0 Å². The maximum atomic E-state index is 6.03. The summed E-state index contributed by atoms with van der Waals surface area (Å²) < 4.78 is 0. The average molecular weight is 196 g/mol. The molecule has 1 heterocycles. The van der Waals surface area contributed by atoms with Crippen LogP contribution in [0.1, 0.15) is 40.0 Å². The molecule has 82 valence electrons. The van der Waals surface area contributed by atoms with Crippen molar-refractivity contribution in [2.24, 2.45) is 17.6 Å². The van der Waals surface area contributed by atoms with Crippen molar-refractivity contribution in [3.05, 3.63) is 0 Å². The fraction of sp³-hybridized carbons (Fsp3) is 1.00. The fourth-order valence-electron chi connectivity index (χ4n) is 3.10. The summed E-state index contributed by atoms with van der Waals surface area (Å²) >= 11 is 0. The van der Waals surface area contributed by atoms with Crippen LogP contribution in [-0.4, -0.2) is 29.6 Å². The number of nitrogens with two attached hydrogens (primary N) is 1. The van der Waals surface area contributed by atoms with Gasteiger partial charge in [-0.25, -0.2) is 0 Å². The molecule has 1 aliphatic heterocycles. The molecule has 0 aromatic heterocycles. The van der Waals surface area contributed by atoms with E-state index in [1.165, 1.54) is 32.4 Å². The monoisotopic (exact) mass is 196 g/mol. The zero-order valence-electron chi connectivity index (χ0n) is 9.79. The lowest BCUT2D eigenvalue weighted by Gasteiger charge is -2.37. The Kier molecular flexibility index (Phi) is 2.61. The Morgan fingerprint density at radius 2 is 1.93 bits per heavy atom. The SMILES string of the molecule is CCC(C)(CC)N1CC2C[C@@H](N)C2C1. The molecule has 2 fully saturated rings. The van der Waals surface area contributed by atoms with Crippen LogP contribution < -0.4 is 5.73 Å². The van der Waals surface area contributed by atoms with Crippen LogP contribution in [-0.2, 0) is 0 Å². The standard InChI is InChI=1S/C12H24N2/c1-4-12(3,5-2)14-7-9-6-11(13)10(9)8-14/h9-11H,4-8,13H2,1-3H3/t9?,10?,11-/m1/s1. The summed E-state index contributed by atoms with van der Waals surface area (Å²) in [6.07, 6.45) is 3.79. The number of rotatable bonds is 3. The van der Waals surface area contributed by atoms with Crippen molar-refractivity contribution in [3.8, 4) is 0 Å². The van der Waals surface area contributed by atoms with Gasteiger partial charge in [-0.1, -0.05) is 13.8 Å². The van der Waals surface area contributed by atoms with Gasteiger partial charge < -0.3 is 5.73 Å². The van der Waals surface area contributed by atoms with Crippen LogP contribution in [0.2, 0.25) is 0 Å². The largest absolute Gasteiger partial charge is 0.327 e. The summed E-state index contributed by atoms with van der Waals surface area (Å²) in [6, 6.07) is 0.503. The van der Waals surface area contributed by atoms with Crippen LogP contribution in [0.3, 0.4) is 0 Å². The minimum absolute atomic E-state index is 0.428. The topological polar surface area (TPSA) is 29.3 Å². The predicted molar refractivity (Wildman–Crippen MR) is 60.1 cm³/mol. The fourth-order valence-corrected chi connectivity index (χ4v) is 3.10. The van der Waals surface area contributed by atoms with Gasteiger partial charge in [-0.05, 0) is 38.0 Å². The predicted octanol–water partition coefficient (Wildman–Crippen LogP) is 1.84. The molecule has 0 aromatic rings. The Balaban J connectivity index is 2.00. The highest BCUT2D eigenvalue weighted by Crippen LogP contribution is 2.43. The Labute approximate surface area is 87.8 Å². The van der Waals surface area contributed by atoms with Gasteiger partial charge in [0.2, 0.25) is 0 Å². The molecule has 0 bridgehead atoms. The molecular weight excluding hydrogens is 172 g/mol. The lowest BCUT2D eigenvalue weighted by molar-refractivity contribution is 0.120. The first-order valence-corrected chi connectivity index (χ1v) is 6.11. The second kappa shape index (κ2) is 3.49. The van der Waals surface area contributed by atoms with Crippen LogP contribution >= 0.6 is 0 Å². The molecule has 2 nitrogen and oxygen atoms in total. The van der Waals surface area contributed by atoms with Crippen LogP contribution in [0.25, 0.3) is 0 Å². The normalized spacial score (nSPS) is 38.1. The van der Waals surface area contributed by atoms with Gasteiger partial charge in [-0.2, -0.15) is 0 Å². The van der Waals surface area contributed by atoms with Crippen molar-refractivity contribution in [2.75, 3.05) is 13.1 Å². The van der Waals surface area contributed by atoms with Crippen LogP contribution in [0.15, 0.2) is 0 Å². The third kappa shape index (κ3) is 1.40. The van der Waals surface area contributed by atoms with Crippen molar-refractivity contribution in [1.29, 1.82) is 0 Å². The van der Waals surface area contributed by atoms with Crippen molar-refractivity contribution in [3.63, 3.8) is 0 Å². The summed E-state index contributed by atoms with van der Waals surface area (Å²) in [5.41, 5.74) is 6.45. The molecule has 1 saturated carbocycles. The van der Waals surface area contributed by atoms with Crippen molar-refractivity contribution >= 4 is 0 Å². The van der Waals surface area contributed by atoms with Gasteiger partial charge in [0, 0.05) is 24.7 Å². The van der Waals surface area contributed by atoms with Crippen LogP contribution in [0, 0.1) is 11.8 Å². The van der Waals surface area contributed by atoms with Crippen molar-refractivity contribution < 1.29 is 0 Å². The van der Waals surface area contributed by atoms with E-state index in [2.05, 4.69) is 25.7 Å². The highest BCUT2D eigenvalue weighted by atomic mass is 15.2. The summed E-state index contributed by atoms with van der Waals surface area (Å²) in [4.78, 5) is 2.69. The molecule has 2 aliphatic rings. The van der Waals surface area contributed by atoms with E-state index in [9.17, 15) is 0 Å². The van der Waals surface area contributed by atoms with Gasteiger partial charge in [0.1, 0.15) is 0 Å². The number of hydrogen-bond donors (Lipinski definition) is 1. The van der Waals surface area contributed by atoms with E-state index in [0.717, 1.165) is 11.8 Å². The molecule has 0 aromatic carbocycles. The van der Waals surface area contributed by atoms with Crippen molar-refractivity contribution in [1.82, 2.24) is 4.90 Å². The van der Waals surface area contributed by atoms with E-state index >= 15 is 0 Å². The molecule has 2 N–H and O–H groups in total. The zero-order chi connectivity index (χ0) is 10.3. The molecule has 2 rings (SSSR count). The Morgan fingerprint density at radius 1 is 1.29 bits per heavy atom. The Hall–Kier alpha value is -0.0800. The number of likely N-dealkylation sites (tertiary alicyclic amines) is 1. The number of fused-ring (bicyclic) bond motifs is 1. The van der Waals surface area contributed by atoms with Crippen LogP contribution in [0.4, 0.5) is 0 Å². The molecule has 1 saturated heterocycles. The van der Waals surface area contributed by atoms with Gasteiger partial charge in [-0.3, -0.25) is 4.90 Å². The third-order valence-electron chi connectivity index (χ3n) is 4.90. The van der Waals surface area contributed by atoms with Gasteiger partial charge in [0.05, 0.1) is 0 Å². The van der Waals surface area contributed by atoms with Gasteiger partial charge >= 0.3 is 0 Å². The number of hydrogen-bond acceptors (Lipinski definition) is 2. The van der Waals surface area contributed by atoms with Crippen molar-refractivity contribution in [2.45, 2.75) is 51.6 Å². The molecule has 0 radical (unpaired) electrons. The van der Waals surface area contributed by atoms with E-state index in [1.807, 2.05) is 0 Å². The quantitative estimate of drug-likeness (QED) is 0.746. The second-order valence-electron chi connectivity index (χ2n) is 5.43. The molecule has 1 aliphatic carbocycles. The molecule has 2 unspecified atom stereocenters. The molecule has 3 atom stereocenters.